The van der Waals surface area contributed by atoms with Crippen LogP contribution < -0.4 is 10.5 Å². The lowest BCUT2D eigenvalue weighted by Gasteiger charge is -2.12. The van der Waals surface area contributed by atoms with E-state index in [0.29, 0.717) is 6.54 Å². The van der Waals surface area contributed by atoms with Gasteiger partial charge in [-0.05, 0) is 75.0 Å². The summed E-state index contributed by atoms with van der Waals surface area (Å²) in [5.41, 5.74) is 13.3. The van der Waals surface area contributed by atoms with Gasteiger partial charge in [0.25, 0.3) is 0 Å². The van der Waals surface area contributed by atoms with Gasteiger partial charge in [-0.1, -0.05) is 23.7 Å². The van der Waals surface area contributed by atoms with Crippen molar-refractivity contribution in [2.75, 3.05) is 13.7 Å². The molecule has 0 saturated carbocycles. The van der Waals surface area contributed by atoms with Gasteiger partial charge in [0.1, 0.15) is 11.3 Å². The fourth-order valence-corrected chi connectivity index (χ4v) is 4.33. The molecule has 29 heavy (non-hydrogen) atoms. The van der Waals surface area contributed by atoms with Gasteiger partial charge in [-0.2, -0.15) is 0 Å². The fourth-order valence-electron chi connectivity index (χ4n) is 4.06. The van der Waals surface area contributed by atoms with Crippen molar-refractivity contribution in [3.8, 4) is 17.0 Å². The van der Waals surface area contributed by atoms with Crippen LogP contribution in [0.4, 0.5) is 0 Å². The highest BCUT2D eigenvalue weighted by atomic mass is 35.5. The monoisotopic (exact) mass is 407 g/mol. The molecule has 0 unspecified atom stereocenters. The Balaban J connectivity index is 2.02. The van der Waals surface area contributed by atoms with Crippen LogP contribution in [-0.2, 0) is 6.42 Å². The summed E-state index contributed by atoms with van der Waals surface area (Å²) < 4.78 is 5.57. The highest BCUT2D eigenvalue weighted by molar-refractivity contribution is 6.36. The Labute approximate surface area is 176 Å². The highest BCUT2D eigenvalue weighted by Gasteiger charge is 2.19. The molecule has 4 nitrogen and oxygen atoms in total. The number of pyridine rings is 1. The van der Waals surface area contributed by atoms with Crippen molar-refractivity contribution in [1.29, 1.82) is 0 Å². The molecule has 0 aliphatic rings. The third-order valence-electron chi connectivity index (χ3n) is 5.55. The lowest BCUT2D eigenvalue weighted by Crippen LogP contribution is -1.99. The first kappa shape index (κ1) is 19.7. The molecule has 0 aliphatic carbocycles. The predicted molar refractivity (Wildman–Crippen MR) is 122 cm³/mol. The topological polar surface area (TPSA) is 63.9 Å². The Morgan fingerprint density at radius 3 is 2.66 bits per heavy atom. The molecular weight excluding hydrogens is 382 g/mol. The largest absolute Gasteiger partial charge is 0.494 e. The van der Waals surface area contributed by atoms with E-state index in [0.717, 1.165) is 68.8 Å². The Hall–Kier alpha value is -2.56. The van der Waals surface area contributed by atoms with Crippen LogP contribution in [0, 0.1) is 13.8 Å². The molecule has 0 spiro atoms. The summed E-state index contributed by atoms with van der Waals surface area (Å²) in [5, 5.41) is 2.96. The van der Waals surface area contributed by atoms with Gasteiger partial charge in [0, 0.05) is 22.0 Å². The smallest absolute Gasteiger partial charge is 0.145 e. The van der Waals surface area contributed by atoms with Crippen LogP contribution in [0.5, 0.6) is 5.75 Å². The van der Waals surface area contributed by atoms with Crippen LogP contribution in [-0.4, -0.2) is 23.6 Å². The zero-order valence-electron chi connectivity index (χ0n) is 17.1. The van der Waals surface area contributed by atoms with E-state index in [1.807, 2.05) is 25.1 Å². The number of nitrogens with zero attached hydrogens (tertiary/aromatic N) is 1. The molecule has 0 fully saturated rings. The van der Waals surface area contributed by atoms with Gasteiger partial charge in [0.2, 0.25) is 0 Å². The number of H-pyrrole nitrogens is 1. The van der Waals surface area contributed by atoms with Gasteiger partial charge in [0.05, 0.1) is 23.3 Å². The van der Waals surface area contributed by atoms with Crippen LogP contribution >= 0.6 is 11.6 Å². The van der Waals surface area contributed by atoms with Gasteiger partial charge in [-0.25, -0.2) is 4.98 Å². The molecule has 150 valence electrons. The molecule has 0 bridgehead atoms. The first-order valence-corrected chi connectivity index (χ1v) is 10.4. The second-order valence-corrected chi connectivity index (χ2v) is 7.91. The second kappa shape index (κ2) is 8.05. The molecule has 0 radical (unpaired) electrons. The Bertz CT molecular complexity index is 1200. The minimum Gasteiger partial charge on any atom is -0.494 e. The average Bonchev–Trinajstić information content (AvgIpc) is 3.10. The molecular formula is C24H26ClN3O. The van der Waals surface area contributed by atoms with Gasteiger partial charge >= 0.3 is 0 Å². The highest BCUT2D eigenvalue weighted by Crippen LogP contribution is 2.40. The van der Waals surface area contributed by atoms with Gasteiger partial charge in [-0.15, -0.1) is 0 Å². The number of fused-ring (bicyclic) bond motifs is 2. The summed E-state index contributed by atoms with van der Waals surface area (Å²) in [4.78, 5) is 8.42. The molecule has 0 atom stereocenters. The van der Waals surface area contributed by atoms with E-state index in [1.165, 1.54) is 11.1 Å². The van der Waals surface area contributed by atoms with Crippen LogP contribution in [0.25, 0.3) is 33.1 Å². The number of nitrogens with one attached hydrogen (secondary N) is 1. The number of unbranched alkanes of at least 4 members (excludes halogenated alkanes) is 1. The summed E-state index contributed by atoms with van der Waals surface area (Å²) in [5.74, 6) is 0.780. The minimum absolute atomic E-state index is 0.694. The maximum Gasteiger partial charge on any atom is 0.145 e. The van der Waals surface area contributed by atoms with E-state index in [4.69, 9.17) is 27.1 Å². The molecule has 0 amide bonds. The van der Waals surface area contributed by atoms with Crippen molar-refractivity contribution in [3.05, 3.63) is 58.2 Å². The van der Waals surface area contributed by atoms with Crippen molar-refractivity contribution >= 4 is 33.4 Å². The molecule has 5 heteroatoms. The summed E-state index contributed by atoms with van der Waals surface area (Å²) in [6.07, 6.45) is 2.92. The summed E-state index contributed by atoms with van der Waals surface area (Å²) >= 11 is 6.66. The van der Waals surface area contributed by atoms with E-state index in [2.05, 4.69) is 30.1 Å². The molecule has 4 aromatic rings. The average molecular weight is 408 g/mol. The van der Waals surface area contributed by atoms with E-state index in [-0.39, 0.29) is 0 Å². The number of halogens is 1. The van der Waals surface area contributed by atoms with E-state index in [1.54, 1.807) is 7.11 Å². The van der Waals surface area contributed by atoms with Crippen molar-refractivity contribution in [2.45, 2.75) is 33.1 Å². The molecule has 0 saturated heterocycles. The maximum atomic E-state index is 6.66. The minimum atomic E-state index is 0.694. The Morgan fingerprint density at radius 2 is 1.90 bits per heavy atom. The number of nitrogens with two attached hydrogens (primary N) is 1. The summed E-state index contributed by atoms with van der Waals surface area (Å²) in [7, 11) is 1.68. The molecule has 4 rings (SSSR count). The Morgan fingerprint density at radius 1 is 1.07 bits per heavy atom. The number of rotatable bonds is 6. The van der Waals surface area contributed by atoms with Gasteiger partial charge in [-0.3, -0.25) is 0 Å². The van der Waals surface area contributed by atoms with Crippen LogP contribution in [0.3, 0.4) is 0 Å². The second-order valence-electron chi connectivity index (χ2n) is 7.50. The number of aromatic amines is 1. The third-order valence-corrected chi connectivity index (χ3v) is 5.86. The summed E-state index contributed by atoms with van der Waals surface area (Å²) in [6.45, 7) is 4.80. The Kier molecular flexibility index (Phi) is 5.48. The molecule has 2 aromatic heterocycles. The third kappa shape index (κ3) is 3.47. The van der Waals surface area contributed by atoms with Crippen molar-refractivity contribution in [2.24, 2.45) is 5.73 Å². The van der Waals surface area contributed by atoms with Crippen LogP contribution in [0.1, 0.15) is 29.7 Å². The fraction of sp³-hybridized carbons (Fsp3) is 0.292. The quantitative estimate of drug-likeness (QED) is 0.388. The number of benzene rings is 2. The first-order valence-electron chi connectivity index (χ1n) is 9.99. The first-order chi connectivity index (χ1) is 14.0. The van der Waals surface area contributed by atoms with Crippen LogP contribution in [0.2, 0.25) is 5.02 Å². The van der Waals surface area contributed by atoms with Crippen molar-refractivity contribution in [1.82, 2.24) is 9.97 Å². The standard InChI is InChI=1S/C24H26ClN3O/c1-14-7-11-19(25)21-18(6-4-5-13-26)23(28-22(14)21)16-10-12-20(29-3)24-17(16)9-8-15(2)27-24/h7-12,28H,4-6,13,26H2,1-3H3. The lowest BCUT2D eigenvalue weighted by atomic mass is 9.97. The zero-order valence-corrected chi connectivity index (χ0v) is 17.9. The molecule has 2 aromatic carbocycles. The number of ether oxygens (including phenoxy) is 1. The van der Waals surface area contributed by atoms with E-state index < -0.39 is 0 Å². The number of hydrogen-bond donors (Lipinski definition) is 2. The normalized spacial score (nSPS) is 11.5. The number of aryl methyl sites for hydroxylation is 3. The molecule has 3 N–H and O–H groups in total. The van der Waals surface area contributed by atoms with Crippen molar-refractivity contribution in [3.63, 3.8) is 0 Å². The van der Waals surface area contributed by atoms with Gasteiger partial charge in [0.15, 0.2) is 0 Å². The lowest BCUT2D eigenvalue weighted by molar-refractivity contribution is 0.419. The zero-order chi connectivity index (χ0) is 20.5. The van der Waals surface area contributed by atoms with Gasteiger partial charge < -0.3 is 15.5 Å². The number of methoxy groups -OCH3 is 1. The SMILES string of the molecule is COc1ccc(-c2[nH]c3c(C)ccc(Cl)c3c2CCCCN)c2ccc(C)nc12. The predicted octanol–water partition coefficient (Wildman–Crippen LogP) is 5.94. The van der Waals surface area contributed by atoms with Crippen LogP contribution in [0.15, 0.2) is 36.4 Å². The van der Waals surface area contributed by atoms with E-state index >= 15 is 0 Å². The van der Waals surface area contributed by atoms with E-state index in [9.17, 15) is 0 Å². The number of hydrogen-bond acceptors (Lipinski definition) is 3. The maximum absolute atomic E-state index is 6.66. The molecule has 0 aliphatic heterocycles. The number of aromatic nitrogens is 2. The van der Waals surface area contributed by atoms with Crippen molar-refractivity contribution < 1.29 is 4.74 Å². The molecule has 2 heterocycles. The summed E-state index contributed by atoms with van der Waals surface area (Å²) in [6, 6.07) is 12.3.